The highest BCUT2D eigenvalue weighted by atomic mass is 32.1. The SMILES string of the molecule is COC(=O)c1cc(-c2csc(NC(=O)CNC(=O)/C=C/c3ccccc3)n2)c[nH]1. The number of carbonyl (C=O) groups is 3. The van der Waals surface area contributed by atoms with Crippen LogP contribution in [0.25, 0.3) is 17.3 Å². The van der Waals surface area contributed by atoms with E-state index < -0.39 is 11.9 Å². The topological polar surface area (TPSA) is 113 Å². The highest BCUT2D eigenvalue weighted by Crippen LogP contribution is 2.25. The van der Waals surface area contributed by atoms with Gasteiger partial charge in [-0.25, -0.2) is 9.78 Å². The van der Waals surface area contributed by atoms with Crippen molar-refractivity contribution in [2.45, 2.75) is 0 Å². The Hall–Kier alpha value is -3.72. The lowest BCUT2D eigenvalue weighted by atomic mass is 10.2. The van der Waals surface area contributed by atoms with Crippen molar-refractivity contribution in [2.75, 3.05) is 19.0 Å². The molecule has 0 spiro atoms. The number of methoxy groups -OCH3 is 1. The lowest BCUT2D eigenvalue weighted by Crippen LogP contribution is -2.31. The van der Waals surface area contributed by atoms with Gasteiger partial charge in [-0.2, -0.15) is 0 Å². The van der Waals surface area contributed by atoms with Crippen molar-refractivity contribution in [3.05, 3.63) is 65.3 Å². The lowest BCUT2D eigenvalue weighted by molar-refractivity contribution is -0.121. The molecule has 0 radical (unpaired) electrons. The van der Waals surface area contributed by atoms with Gasteiger partial charge in [0.15, 0.2) is 5.13 Å². The second kappa shape index (κ2) is 9.47. The minimum atomic E-state index is -0.475. The summed E-state index contributed by atoms with van der Waals surface area (Å²) in [4.78, 5) is 42.4. The van der Waals surface area contributed by atoms with Crippen LogP contribution in [0.5, 0.6) is 0 Å². The van der Waals surface area contributed by atoms with Crippen molar-refractivity contribution in [3.8, 4) is 11.3 Å². The highest BCUT2D eigenvalue weighted by Gasteiger charge is 2.13. The number of aromatic amines is 1. The number of thiazole rings is 1. The molecule has 0 fully saturated rings. The van der Waals surface area contributed by atoms with Gasteiger partial charge in [0.2, 0.25) is 11.8 Å². The van der Waals surface area contributed by atoms with Crippen LogP contribution < -0.4 is 10.6 Å². The third kappa shape index (κ3) is 5.63. The van der Waals surface area contributed by atoms with Crippen LogP contribution >= 0.6 is 11.3 Å². The maximum absolute atomic E-state index is 12.0. The summed E-state index contributed by atoms with van der Waals surface area (Å²) in [5, 5.41) is 7.29. The molecule has 0 aliphatic carbocycles. The van der Waals surface area contributed by atoms with E-state index in [4.69, 9.17) is 0 Å². The highest BCUT2D eigenvalue weighted by molar-refractivity contribution is 7.14. The normalized spacial score (nSPS) is 10.7. The Morgan fingerprint density at radius 3 is 2.79 bits per heavy atom. The number of carbonyl (C=O) groups excluding carboxylic acids is 3. The summed E-state index contributed by atoms with van der Waals surface area (Å²) in [6, 6.07) is 11.0. The Labute approximate surface area is 170 Å². The van der Waals surface area contributed by atoms with Crippen LogP contribution in [0.15, 0.2) is 54.1 Å². The average Bonchev–Trinajstić information content (AvgIpc) is 3.40. The van der Waals surface area contributed by atoms with Crippen LogP contribution in [-0.4, -0.2) is 41.4 Å². The molecular formula is C20H18N4O4S. The van der Waals surface area contributed by atoms with Gasteiger partial charge in [0.05, 0.1) is 19.3 Å². The zero-order valence-corrected chi connectivity index (χ0v) is 16.3. The van der Waals surface area contributed by atoms with Crippen LogP contribution in [0.3, 0.4) is 0 Å². The third-order valence-corrected chi connectivity index (χ3v) is 4.54. The van der Waals surface area contributed by atoms with E-state index in [0.717, 1.165) is 5.56 Å². The monoisotopic (exact) mass is 410 g/mol. The van der Waals surface area contributed by atoms with Gasteiger partial charge in [0, 0.05) is 23.2 Å². The van der Waals surface area contributed by atoms with Crippen LogP contribution in [0, 0.1) is 0 Å². The van der Waals surface area contributed by atoms with E-state index in [0.29, 0.717) is 22.1 Å². The fraction of sp³-hybridized carbons (Fsp3) is 0.100. The molecule has 3 aromatic rings. The molecule has 9 heteroatoms. The molecule has 148 valence electrons. The van der Waals surface area contributed by atoms with Crippen molar-refractivity contribution in [1.82, 2.24) is 15.3 Å². The summed E-state index contributed by atoms with van der Waals surface area (Å²) in [6.45, 7) is -0.177. The molecule has 0 bridgehead atoms. The summed E-state index contributed by atoms with van der Waals surface area (Å²) in [7, 11) is 1.30. The first kappa shape index (κ1) is 20.0. The molecule has 8 nitrogen and oxygen atoms in total. The van der Waals surface area contributed by atoms with Crippen molar-refractivity contribution < 1.29 is 19.1 Å². The maximum atomic E-state index is 12.0. The molecule has 0 aliphatic rings. The van der Waals surface area contributed by atoms with E-state index in [1.54, 1.807) is 23.7 Å². The number of hydrogen-bond donors (Lipinski definition) is 3. The predicted molar refractivity (Wildman–Crippen MR) is 110 cm³/mol. The zero-order valence-electron chi connectivity index (χ0n) is 15.5. The number of nitrogens with zero attached hydrogens (tertiary/aromatic N) is 1. The molecule has 3 rings (SSSR count). The first-order valence-electron chi connectivity index (χ1n) is 8.58. The van der Waals surface area contributed by atoms with Crippen molar-refractivity contribution >= 4 is 40.3 Å². The Morgan fingerprint density at radius 1 is 1.24 bits per heavy atom. The Morgan fingerprint density at radius 2 is 2.03 bits per heavy atom. The van der Waals surface area contributed by atoms with Crippen LogP contribution in [0.4, 0.5) is 5.13 Å². The number of H-pyrrole nitrogens is 1. The number of esters is 1. The van der Waals surface area contributed by atoms with Crippen LogP contribution in [0.2, 0.25) is 0 Å². The second-order valence-corrected chi connectivity index (χ2v) is 6.70. The molecule has 2 amide bonds. The molecule has 0 atom stereocenters. The molecule has 0 saturated carbocycles. The van der Waals surface area contributed by atoms with E-state index >= 15 is 0 Å². The van der Waals surface area contributed by atoms with E-state index in [2.05, 4.69) is 25.3 Å². The number of ether oxygens (including phenoxy) is 1. The number of amides is 2. The molecule has 2 heterocycles. The van der Waals surface area contributed by atoms with Gasteiger partial charge >= 0.3 is 5.97 Å². The average molecular weight is 410 g/mol. The van der Waals surface area contributed by atoms with Crippen molar-refractivity contribution in [2.24, 2.45) is 0 Å². The van der Waals surface area contributed by atoms with Gasteiger partial charge in [-0.15, -0.1) is 11.3 Å². The van der Waals surface area contributed by atoms with Crippen LogP contribution in [0.1, 0.15) is 16.1 Å². The fourth-order valence-corrected chi connectivity index (χ4v) is 3.10. The summed E-state index contributed by atoms with van der Waals surface area (Å²) >= 11 is 1.24. The van der Waals surface area contributed by atoms with E-state index in [1.165, 1.54) is 24.5 Å². The van der Waals surface area contributed by atoms with Crippen molar-refractivity contribution in [1.29, 1.82) is 0 Å². The van der Waals surface area contributed by atoms with Crippen LogP contribution in [-0.2, 0) is 14.3 Å². The summed E-state index contributed by atoms with van der Waals surface area (Å²) in [5.74, 6) is -1.24. The van der Waals surface area contributed by atoms with Gasteiger partial charge in [-0.1, -0.05) is 30.3 Å². The Bertz CT molecular complexity index is 1040. The zero-order chi connectivity index (χ0) is 20.6. The second-order valence-electron chi connectivity index (χ2n) is 5.84. The van der Waals surface area contributed by atoms with Gasteiger partial charge in [0.1, 0.15) is 5.69 Å². The summed E-state index contributed by atoms with van der Waals surface area (Å²) in [6.07, 6.45) is 4.67. The molecule has 0 aliphatic heterocycles. The standard InChI is InChI=1S/C20H18N4O4S/c1-28-19(27)15-9-14(10-21-15)16-12-29-20(23-16)24-18(26)11-22-17(25)8-7-13-5-3-2-4-6-13/h2-10,12,21H,11H2,1H3,(H,22,25)(H,23,24,26)/b8-7+. The van der Waals surface area contributed by atoms with E-state index in [9.17, 15) is 14.4 Å². The van der Waals surface area contributed by atoms with Gasteiger partial charge in [-0.3, -0.25) is 9.59 Å². The van der Waals surface area contributed by atoms with E-state index in [-0.39, 0.29) is 12.5 Å². The molecule has 2 aromatic heterocycles. The Kier molecular flexibility index (Phi) is 6.54. The predicted octanol–water partition coefficient (Wildman–Crippen LogP) is 2.69. The Balaban J connectivity index is 1.50. The quantitative estimate of drug-likeness (QED) is 0.409. The lowest BCUT2D eigenvalue weighted by Gasteiger charge is -2.02. The largest absolute Gasteiger partial charge is 0.464 e. The number of anilines is 1. The first-order valence-corrected chi connectivity index (χ1v) is 9.46. The first-order chi connectivity index (χ1) is 14.0. The number of benzene rings is 1. The number of rotatable bonds is 7. The van der Waals surface area contributed by atoms with E-state index in [1.807, 2.05) is 30.3 Å². The molecule has 0 saturated heterocycles. The molecule has 0 unspecified atom stereocenters. The molecule has 3 N–H and O–H groups in total. The van der Waals surface area contributed by atoms with Gasteiger partial charge < -0.3 is 20.4 Å². The fourth-order valence-electron chi connectivity index (χ4n) is 2.36. The molecule has 1 aromatic carbocycles. The number of aromatic nitrogens is 2. The van der Waals surface area contributed by atoms with Gasteiger partial charge in [-0.05, 0) is 17.7 Å². The summed E-state index contributed by atoms with van der Waals surface area (Å²) < 4.78 is 4.65. The van der Waals surface area contributed by atoms with Gasteiger partial charge in [0.25, 0.3) is 0 Å². The molecule has 29 heavy (non-hydrogen) atoms. The third-order valence-electron chi connectivity index (χ3n) is 3.78. The minimum Gasteiger partial charge on any atom is -0.464 e. The maximum Gasteiger partial charge on any atom is 0.354 e. The summed E-state index contributed by atoms with van der Waals surface area (Å²) in [5.41, 5.74) is 2.50. The molecular weight excluding hydrogens is 392 g/mol. The smallest absolute Gasteiger partial charge is 0.354 e. The number of nitrogens with one attached hydrogen (secondary N) is 3. The number of hydrogen-bond acceptors (Lipinski definition) is 6. The van der Waals surface area contributed by atoms with Crippen molar-refractivity contribution in [3.63, 3.8) is 0 Å². The minimum absolute atomic E-state index is 0.177.